The van der Waals surface area contributed by atoms with Crippen LogP contribution in [-0.4, -0.2) is 37.1 Å². The number of aliphatic imine (C=N–C) groups is 2. The van der Waals surface area contributed by atoms with Crippen molar-refractivity contribution >= 4 is 60.1 Å². The highest BCUT2D eigenvalue weighted by atomic mass is 31.1. The van der Waals surface area contributed by atoms with Gasteiger partial charge < -0.3 is 10.6 Å². The van der Waals surface area contributed by atoms with Crippen LogP contribution in [0.4, 0.5) is 11.4 Å². The summed E-state index contributed by atoms with van der Waals surface area (Å²) in [5.41, 5.74) is 9.27. The number of hydrogen-bond acceptors (Lipinski definition) is 2. The predicted molar refractivity (Wildman–Crippen MR) is 249 cm³/mol. The normalized spacial score (nSPS) is 12.0. The van der Waals surface area contributed by atoms with Crippen molar-refractivity contribution in [1.29, 1.82) is 0 Å². The molecule has 0 aliphatic heterocycles. The molecule has 6 aromatic carbocycles. The van der Waals surface area contributed by atoms with Gasteiger partial charge in [0, 0.05) is 18.8 Å². The second kappa shape index (κ2) is 20.3. The topological polar surface area (TPSA) is 48.8 Å². The first-order valence-corrected chi connectivity index (χ1v) is 22.9. The van der Waals surface area contributed by atoms with Gasteiger partial charge in [0.05, 0.1) is 5.69 Å². The summed E-state index contributed by atoms with van der Waals surface area (Å²) in [6, 6.07) is 52.9. The molecule has 0 saturated carbocycles. The van der Waals surface area contributed by atoms with E-state index in [4.69, 9.17) is 9.98 Å². The average Bonchev–Trinajstić information content (AvgIpc) is 3.20. The monoisotopic (exact) mass is 774 g/mol. The fourth-order valence-electron chi connectivity index (χ4n) is 7.42. The summed E-state index contributed by atoms with van der Waals surface area (Å²) >= 11 is 0. The fraction of sp³-hybridized carbons (Fsp3) is 0.240. The maximum Gasteiger partial charge on any atom is 0.173 e. The van der Waals surface area contributed by atoms with Gasteiger partial charge in [-0.25, -0.2) is 4.99 Å². The molecule has 0 aliphatic carbocycles. The first-order chi connectivity index (χ1) is 27.3. The van der Waals surface area contributed by atoms with Crippen LogP contribution in [0.5, 0.6) is 0 Å². The molecule has 0 radical (unpaired) electrons. The summed E-state index contributed by atoms with van der Waals surface area (Å²) in [5.74, 6) is 1.58. The van der Waals surface area contributed by atoms with Gasteiger partial charge >= 0.3 is 0 Å². The minimum atomic E-state index is -0.499. The third-order valence-corrected chi connectivity index (χ3v) is 15.1. The van der Waals surface area contributed by atoms with E-state index in [1.165, 1.54) is 43.5 Å². The Bertz CT molecular complexity index is 2090. The third kappa shape index (κ3) is 11.1. The molecule has 286 valence electrons. The van der Waals surface area contributed by atoms with Crippen LogP contribution in [0.1, 0.15) is 46.2 Å². The van der Waals surface area contributed by atoms with Crippen molar-refractivity contribution in [2.24, 2.45) is 9.98 Å². The Hall–Kier alpha value is -4.88. The van der Waals surface area contributed by atoms with Crippen molar-refractivity contribution in [1.82, 2.24) is 5.32 Å². The van der Waals surface area contributed by atoms with Crippen LogP contribution in [0.3, 0.4) is 0 Å². The standard InChI is InChI=1S/C50H56N4P2/c1-37-33-39(3)47(40(4)34-37)53-50(54-48-41(5)35-38(2)36-42(48)6)49(51-29-19-31-55(43-21-11-7-12-22-43)44-23-13-8-14-24-44)52-30-20-32-56(45-25-15-9-16-26-45)46-27-17-10-18-28-46/h7-18,21-28,33-36H,19-20,29-32H2,1-6H3,(H,51,52)(H,53,54). The zero-order valence-corrected chi connectivity index (χ0v) is 35.7. The molecule has 6 aromatic rings. The average molecular weight is 775 g/mol. The summed E-state index contributed by atoms with van der Waals surface area (Å²) < 4.78 is 0. The third-order valence-electron chi connectivity index (χ3n) is 9.94. The Labute approximate surface area is 338 Å². The molecule has 0 fully saturated rings. The van der Waals surface area contributed by atoms with Crippen LogP contribution in [0.25, 0.3) is 0 Å². The van der Waals surface area contributed by atoms with E-state index in [2.05, 4.69) is 198 Å². The molecule has 0 aromatic heterocycles. The lowest BCUT2D eigenvalue weighted by Gasteiger charge is -2.21. The minimum absolute atomic E-state index is 0.489. The summed E-state index contributed by atoms with van der Waals surface area (Å²) in [6.07, 6.45) is 4.10. The fourth-order valence-corrected chi connectivity index (χ4v) is 12.1. The summed E-state index contributed by atoms with van der Waals surface area (Å²) in [6.45, 7) is 14.5. The summed E-state index contributed by atoms with van der Waals surface area (Å²) in [7, 11) is -0.988. The zero-order chi connectivity index (χ0) is 39.3. The molecule has 0 spiro atoms. The van der Waals surface area contributed by atoms with Gasteiger partial charge in [0.15, 0.2) is 11.7 Å². The molecule has 4 nitrogen and oxygen atoms in total. The number of anilines is 1. The lowest BCUT2D eigenvalue weighted by Crippen LogP contribution is -2.37. The van der Waals surface area contributed by atoms with Crippen molar-refractivity contribution < 1.29 is 0 Å². The molecular formula is C50H56N4P2. The highest BCUT2D eigenvalue weighted by Crippen LogP contribution is 2.35. The van der Waals surface area contributed by atoms with Gasteiger partial charge in [-0.1, -0.05) is 157 Å². The maximum absolute atomic E-state index is 5.44. The van der Waals surface area contributed by atoms with Crippen LogP contribution in [-0.2, 0) is 0 Å². The van der Waals surface area contributed by atoms with Gasteiger partial charge in [-0.2, -0.15) is 0 Å². The number of nitrogens with zero attached hydrogens (tertiary/aromatic N) is 2. The first-order valence-electron chi connectivity index (χ1n) is 19.8. The Morgan fingerprint density at radius 1 is 0.482 bits per heavy atom. The number of amidine groups is 2. The van der Waals surface area contributed by atoms with E-state index in [-0.39, 0.29) is 0 Å². The van der Waals surface area contributed by atoms with Crippen molar-refractivity contribution in [3.05, 3.63) is 179 Å². The van der Waals surface area contributed by atoms with E-state index >= 15 is 0 Å². The van der Waals surface area contributed by atoms with Crippen LogP contribution >= 0.6 is 15.8 Å². The Morgan fingerprint density at radius 3 is 1.30 bits per heavy atom. The first kappa shape index (κ1) is 40.8. The highest BCUT2D eigenvalue weighted by molar-refractivity contribution is 7.73. The Kier molecular flexibility index (Phi) is 14.8. The SMILES string of the molecule is Cc1cc(C)c(N=C(Nc2c(C)cc(C)cc2C)C(=NCCCP(c2ccccc2)c2ccccc2)NCCCP(c2ccccc2)c2ccccc2)c(C)c1. The van der Waals surface area contributed by atoms with Crippen molar-refractivity contribution in [3.63, 3.8) is 0 Å². The van der Waals surface area contributed by atoms with Crippen LogP contribution in [0.2, 0.25) is 0 Å². The molecule has 0 atom stereocenters. The van der Waals surface area contributed by atoms with E-state index < -0.39 is 15.8 Å². The molecule has 0 bridgehead atoms. The van der Waals surface area contributed by atoms with Gasteiger partial charge in [-0.15, -0.1) is 0 Å². The summed E-state index contributed by atoms with van der Waals surface area (Å²) in [4.78, 5) is 10.8. The lowest BCUT2D eigenvalue weighted by atomic mass is 10.0. The highest BCUT2D eigenvalue weighted by Gasteiger charge is 2.18. The molecule has 0 heterocycles. The van der Waals surface area contributed by atoms with Crippen LogP contribution < -0.4 is 31.9 Å². The van der Waals surface area contributed by atoms with E-state index in [9.17, 15) is 0 Å². The van der Waals surface area contributed by atoms with E-state index in [1.54, 1.807) is 0 Å². The van der Waals surface area contributed by atoms with Crippen molar-refractivity contribution in [2.75, 3.05) is 30.7 Å². The van der Waals surface area contributed by atoms with Crippen LogP contribution in [0, 0.1) is 41.5 Å². The molecule has 0 saturated heterocycles. The quantitative estimate of drug-likeness (QED) is 0.0501. The van der Waals surface area contributed by atoms with E-state index in [0.29, 0.717) is 6.54 Å². The van der Waals surface area contributed by atoms with Gasteiger partial charge in [-0.05, 0) is 126 Å². The zero-order valence-electron chi connectivity index (χ0n) is 33.9. The second-order valence-corrected chi connectivity index (χ2v) is 19.3. The molecule has 0 aliphatic rings. The van der Waals surface area contributed by atoms with Crippen molar-refractivity contribution in [2.45, 2.75) is 54.4 Å². The van der Waals surface area contributed by atoms with Gasteiger partial charge in [0.1, 0.15) is 0 Å². The van der Waals surface area contributed by atoms with Crippen molar-refractivity contribution in [3.8, 4) is 0 Å². The Balaban J connectivity index is 1.32. The number of rotatable bonds is 14. The van der Waals surface area contributed by atoms with Gasteiger partial charge in [-0.3, -0.25) is 4.99 Å². The molecule has 0 unspecified atom stereocenters. The molecule has 56 heavy (non-hydrogen) atoms. The molecule has 6 rings (SSSR count). The van der Waals surface area contributed by atoms with Crippen LogP contribution in [0.15, 0.2) is 156 Å². The largest absolute Gasteiger partial charge is 0.367 e. The van der Waals surface area contributed by atoms with Gasteiger partial charge in [0.2, 0.25) is 0 Å². The molecule has 2 N–H and O–H groups in total. The smallest absolute Gasteiger partial charge is 0.173 e. The number of aryl methyl sites for hydroxylation is 6. The second-order valence-electron chi connectivity index (χ2n) is 14.6. The minimum Gasteiger partial charge on any atom is -0.367 e. The number of hydrogen-bond donors (Lipinski definition) is 2. The van der Waals surface area contributed by atoms with Gasteiger partial charge in [0.25, 0.3) is 0 Å². The van der Waals surface area contributed by atoms with E-state index in [1.807, 2.05) is 0 Å². The lowest BCUT2D eigenvalue weighted by molar-refractivity contribution is 0.838. The molecule has 6 heteroatoms. The molecular weight excluding hydrogens is 719 g/mol. The maximum atomic E-state index is 5.44. The Morgan fingerprint density at radius 2 is 0.875 bits per heavy atom. The van der Waals surface area contributed by atoms with E-state index in [0.717, 1.165) is 65.9 Å². The number of benzene rings is 6. The summed E-state index contributed by atoms with van der Waals surface area (Å²) in [5, 5.41) is 13.3. The number of nitrogens with one attached hydrogen (secondary N) is 2. The predicted octanol–water partition coefficient (Wildman–Crippen LogP) is 10.7. The molecule has 0 amide bonds.